The molecular weight excluding hydrogens is 722 g/mol. The molecule has 1 aliphatic rings. The van der Waals surface area contributed by atoms with E-state index in [1.165, 1.54) is 18.4 Å². The number of hydrogen-bond acceptors (Lipinski definition) is 7. The van der Waals surface area contributed by atoms with Gasteiger partial charge in [-0.1, -0.05) is 77.9 Å². The standard InChI is InChI=1S/C32H27Cl2IN2O5S/c1-4-24-27(31(39)40-3)28(20-9-7-6-8-10-20)37-30(38)26(43-32(37)36-24)16-19-14-23(35)29(25(15-19)41-5-2)42-17-18-11-12-21(33)22(34)13-18/h6-16,28H,4-5,17H2,1-3H3/b26-16+/t28-/m0/s1. The van der Waals surface area contributed by atoms with Gasteiger partial charge in [-0.3, -0.25) is 9.36 Å². The number of ether oxygens (including phenoxy) is 3. The number of rotatable bonds is 9. The van der Waals surface area contributed by atoms with Crippen molar-refractivity contribution in [3.05, 3.63) is 122 Å². The Bertz CT molecular complexity index is 1900. The smallest absolute Gasteiger partial charge is 0.338 e. The van der Waals surface area contributed by atoms with Crippen LogP contribution < -0.4 is 24.4 Å². The number of carbonyl (C=O) groups is 1. The maximum Gasteiger partial charge on any atom is 0.338 e. The van der Waals surface area contributed by atoms with Crippen LogP contribution in [0.1, 0.15) is 43.0 Å². The number of carbonyl (C=O) groups excluding carboxylic acids is 1. The Kier molecular flexibility index (Phi) is 9.95. The van der Waals surface area contributed by atoms with Crippen molar-refractivity contribution in [3.8, 4) is 11.5 Å². The molecule has 7 nitrogen and oxygen atoms in total. The number of benzene rings is 3. The SMILES string of the molecule is CCOc1cc(/C=c2/sc3n(c2=O)[C@@H](c2ccccc2)C(C(=O)OC)=C(CC)N=3)cc(I)c1OCc1ccc(Cl)c(Cl)c1. The normalized spacial score (nSPS) is 14.7. The molecule has 11 heteroatoms. The predicted molar refractivity (Wildman–Crippen MR) is 178 cm³/mol. The van der Waals surface area contributed by atoms with Crippen LogP contribution >= 0.6 is 57.1 Å². The third kappa shape index (κ3) is 6.55. The lowest BCUT2D eigenvalue weighted by atomic mass is 9.95. The number of fused-ring (bicyclic) bond motifs is 1. The van der Waals surface area contributed by atoms with Crippen molar-refractivity contribution in [1.82, 2.24) is 4.57 Å². The molecule has 0 saturated carbocycles. The third-order valence-electron chi connectivity index (χ3n) is 6.76. The lowest BCUT2D eigenvalue weighted by Crippen LogP contribution is -2.40. The number of esters is 1. The maximum atomic E-state index is 14.0. The Labute approximate surface area is 276 Å². The van der Waals surface area contributed by atoms with Crippen LogP contribution in [0.4, 0.5) is 0 Å². The summed E-state index contributed by atoms with van der Waals surface area (Å²) in [6.45, 7) is 4.53. The summed E-state index contributed by atoms with van der Waals surface area (Å²) in [6, 6.07) is 17.9. The summed E-state index contributed by atoms with van der Waals surface area (Å²) in [6.07, 6.45) is 2.32. The highest BCUT2D eigenvalue weighted by Crippen LogP contribution is 2.36. The highest BCUT2D eigenvalue weighted by Gasteiger charge is 2.33. The minimum absolute atomic E-state index is 0.248. The number of halogens is 3. The highest BCUT2D eigenvalue weighted by atomic mass is 127. The molecule has 1 aliphatic heterocycles. The van der Waals surface area contributed by atoms with Crippen molar-refractivity contribution in [2.45, 2.75) is 32.9 Å². The fourth-order valence-corrected chi connectivity index (χ4v) is 6.95. The molecule has 0 saturated heterocycles. The van der Waals surface area contributed by atoms with E-state index < -0.39 is 12.0 Å². The van der Waals surface area contributed by atoms with E-state index in [4.69, 9.17) is 42.4 Å². The highest BCUT2D eigenvalue weighted by molar-refractivity contribution is 14.1. The van der Waals surface area contributed by atoms with Crippen molar-refractivity contribution in [3.63, 3.8) is 0 Å². The molecule has 0 amide bonds. The zero-order chi connectivity index (χ0) is 30.7. The average molecular weight is 749 g/mol. The van der Waals surface area contributed by atoms with Gasteiger partial charge in [0.15, 0.2) is 16.3 Å². The van der Waals surface area contributed by atoms with E-state index >= 15 is 0 Å². The molecule has 4 aromatic rings. The maximum absolute atomic E-state index is 14.0. The molecule has 0 spiro atoms. The molecular formula is C32H27Cl2IN2O5S. The van der Waals surface area contributed by atoms with E-state index in [2.05, 4.69) is 22.6 Å². The van der Waals surface area contributed by atoms with Gasteiger partial charge in [-0.15, -0.1) is 0 Å². The van der Waals surface area contributed by atoms with Crippen LogP contribution in [0.3, 0.4) is 0 Å². The number of thiazole rings is 1. The first kappa shape index (κ1) is 31.3. The van der Waals surface area contributed by atoms with E-state index in [-0.39, 0.29) is 12.2 Å². The quantitative estimate of drug-likeness (QED) is 0.141. The molecule has 3 aromatic carbocycles. The summed E-state index contributed by atoms with van der Waals surface area (Å²) < 4.78 is 20.1. The monoisotopic (exact) mass is 748 g/mol. The minimum Gasteiger partial charge on any atom is -0.490 e. The van der Waals surface area contributed by atoms with Crippen molar-refractivity contribution in [2.24, 2.45) is 4.99 Å². The van der Waals surface area contributed by atoms with Gasteiger partial charge in [-0.25, -0.2) is 9.79 Å². The van der Waals surface area contributed by atoms with Gasteiger partial charge < -0.3 is 14.2 Å². The number of nitrogens with zero attached hydrogens (tertiary/aromatic N) is 2. The Morgan fingerprint density at radius 2 is 1.84 bits per heavy atom. The van der Waals surface area contributed by atoms with Crippen LogP contribution in [-0.2, 0) is 16.1 Å². The van der Waals surface area contributed by atoms with E-state index in [1.807, 2.05) is 68.5 Å². The summed E-state index contributed by atoms with van der Waals surface area (Å²) >= 11 is 15.7. The second-order valence-corrected chi connectivity index (χ2v) is 12.5. The van der Waals surface area contributed by atoms with E-state index in [1.54, 1.807) is 16.7 Å². The van der Waals surface area contributed by atoms with Gasteiger partial charge in [0.1, 0.15) is 6.61 Å². The second-order valence-electron chi connectivity index (χ2n) is 9.50. The molecule has 5 rings (SSSR count). The lowest BCUT2D eigenvalue weighted by molar-refractivity contribution is -0.136. The topological polar surface area (TPSA) is 79.1 Å². The zero-order valence-electron chi connectivity index (χ0n) is 23.5. The molecule has 0 bridgehead atoms. The van der Waals surface area contributed by atoms with Gasteiger partial charge in [-0.05, 0) is 83.0 Å². The summed E-state index contributed by atoms with van der Waals surface area (Å²) in [5.74, 6) is 0.638. The van der Waals surface area contributed by atoms with Crippen LogP contribution in [0.2, 0.25) is 10.0 Å². The predicted octanol–water partition coefficient (Wildman–Crippen LogP) is 6.69. The molecule has 0 aliphatic carbocycles. The summed E-state index contributed by atoms with van der Waals surface area (Å²) in [5, 5.41) is 0.936. The lowest BCUT2D eigenvalue weighted by Gasteiger charge is -2.25. The van der Waals surface area contributed by atoms with E-state index in [0.29, 0.717) is 55.2 Å². The van der Waals surface area contributed by atoms with Crippen molar-refractivity contribution < 1.29 is 19.0 Å². The molecule has 2 heterocycles. The van der Waals surface area contributed by atoms with Gasteiger partial charge in [0.25, 0.3) is 5.56 Å². The number of aromatic nitrogens is 1. The summed E-state index contributed by atoms with van der Waals surface area (Å²) in [7, 11) is 1.34. The molecule has 0 fully saturated rings. The molecule has 0 unspecified atom stereocenters. The van der Waals surface area contributed by atoms with Crippen LogP contribution in [0, 0.1) is 3.57 Å². The molecule has 43 heavy (non-hydrogen) atoms. The molecule has 222 valence electrons. The van der Waals surface area contributed by atoms with E-state index in [9.17, 15) is 9.59 Å². The van der Waals surface area contributed by atoms with Crippen molar-refractivity contribution in [2.75, 3.05) is 13.7 Å². The van der Waals surface area contributed by atoms with Crippen LogP contribution in [0.15, 0.2) is 81.7 Å². The number of hydrogen-bond donors (Lipinski definition) is 0. The molecule has 0 N–H and O–H groups in total. The van der Waals surface area contributed by atoms with Gasteiger partial charge in [0, 0.05) is 0 Å². The Balaban J connectivity index is 1.58. The third-order valence-corrected chi connectivity index (χ3v) is 9.29. The van der Waals surface area contributed by atoms with Gasteiger partial charge >= 0.3 is 5.97 Å². The fraction of sp³-hybridized carbons (Fsp3) is 0.219. The largest absolute Gasteiger partial charge is 0.490 e. The Hall–Kier alpha value is -3.12. The van der Waals surface area contributed by atoms with Crippen molar-refractivity contribution in [1.29, 1.82) is 0 Å². The molecule has 1 aromatic heterocycles. The number of allylic oxidation sites excluding steroid dienone is 1. The molecule has 1 atom stereocenters. The molecule has 0 radical (unpaired) electrons. The first-order chi connectivity index (χ1) is 20.7. The fourth-order valence-electron chi connectivity index (χ4n) is 4.83. The minimum atomic E-state index is -0.654. The number of methoxy groups -OCH3 is 1. The van der Waals surface area contributed by atoms with Crippen LogP contribution in [-0.4, -0.2) is 24.3 Å². The first-order valence-corrected chi connectivity index (χ1v) is 16.1. The zero-order valence-corrected chi connectivity index (χ0v) is 28.0. The van der Waals surface area contributed by atoms with Gasteiger partial charge in [-0.2, -0.15) is 0 Å². The van der Waals surface area contributed by atoms with E-state index in [0.717, 1.165) is 20.3 Å². The average Bonchev–Trinajstić information content (AvgIpc) is 3.31. The summed E-state index contributed by atoms with van der Waals surface area (Å²) in [4.78, 5) is 32.2. The first-order valence-electron chi connectivity index (χ1n) is 13.5. The second kappa shape index (κ2) is 13.7. The van der Waals surface area contributed by atoms with Crippen LogP contribution in [0.5, 0.6) is 11.5 Å². The Morgan fingerprint density at radius 3 is 2.51 bits per heavy atom. The van der Waals surface area contributed by atoms with Gasteiger partial charge in [0.2, 0.25) is 0 Å². The summed E-state index contributed by atoms with van der Waals surface area (Å²) in [5.41, 5.74) is 3.15. The Morgan fingerprint density at radius 1 is 1.07 bits per heavy atom. The van der Waals surface area contributed by atoms with Crippen LogP contribution in [0.25, 0.3) is 6.08 Å². The van der Waals surface area contributed by atoms with Crippen molar-refractivity contribution >= 4 is 69.2 Å². The van der Waals surface area contributed by atoms with Gasteiger partial charge in [0.05, 0.1) is 49.2 Å².